The van der Waals surface area contributed by atoms with Crippen molar-refractivity contribution in [3.63, 3.8) is 0 Å². The van der Waals surface area contributed by atoms with Crippen LogP contribution in [0, 0.1) is 0 Å². The zero-order valence-corrected chi connectivity index (χ0v) is 10.9. The van der Waals surface area contributed by atoms with Gasteiger partial charge in [-0.1, -0.05) is 12.1 Å². The summed E-state index contributed by atoms with van der Waals surface area (Å²) in [5.74, 6) is 0.803. The van der Waals surface area contributed by atoms with Gasteiger partial charge < -0.3 is 19.9 Å². The van der Waals surface area contributed by atoms with E-state index in [-0.39, 0.29) is 6.10 Å². The maximum atomic E-state index is 10.1. The number of nitrogens with one attached hydrogen (secondary N) is 1. The Hall–Kier alpha value is -1.10. The maximum Gasteiger partial charge on any atom is 0.118 e. The van der Waals surface area contributed by atoms with Crippen molar-refractivity contribution in [2.75, 3.05) is 20.3 Å². The van der Waals surface area contributed by atoms with E-state index >= 15 is 0 Å². The Bertz CT molecular complexity index is 366. The summed E-state index contributed by atoms with van der Waals surface area (Å²) in [7, 11) is 1.63. The molecule has 18 heavy (non-hydrogen) atoms. The molecule has 0 aliphatic carbocycles. The summed E-state index contributed by atoms with van der Waals surface area (Å²) in [6.45, 7) is 3.41. The highest BCUT2D eigenvalue weighted by atomic mass is 16.5. The molecule has 0 amide bonds. The van der Waals surface area contributed by atoms with Crippen molar-refractivity contribution in [1.82, 2.24) is 5.32 Å². The van der Waals surface area contributed by atoms with Gasteiger partial charge in [-0.05, 0) is 31.0 Å². The predicted molar refractivity (Wildman–Crippen MR) is 69.8 cm³/mol. The first kappa shape index (κ1) is 13.3. The normalized spacial score (nSPS) is 25.1. The highest BCUT2D eigenvalue weighted by Crippen LogP contribution is 2.18. The second-order valence-electron chi connectivity index (χ2n) is 4.67. The van der Waals surface area contributed by atoms with E-state index in [0.717, 1.165) is 24.3 Å². The summed E-state index contributed by atoms with van der Waals surface area (Å²) >= 11 is 0. The molecule has 1 saturated heterocycles. The van der Waals surface area contributed by atoms with E-state index < -0.39 is 6.10 Å². The van der Waals surface area contributed by atoms with Crippen LogP contribution in [0.3, 0.4) is 0 Å². The topological polar surface area (TPSA) is 50.7 Å². The van der Waals surface area contributed by atoms with Gasteiger partial charge in [0.25, 0.3) is 0 Å². The third kappa shape index (κ3) is 3.22. The molecule has 0 aromatic heterocycles. The van der Waals surface area contributed by atoms with E-state index in [1.807, 2.05) is 24.3 Å². The molecule has 1 aliphatic heterocycles. The van der Waals surface area contributed by atoms with Gasteiger partial charge in [-0.3, -0.25) is 0 Å². The number of methoxy groups -OCH3 is 1. The summed E-state index contributed by atoms with van der Waals surface area (Å²) in [6, 6.07) is 7.84. The molecule has 3 unspecified atom stereocenters. The van der Waals surface area contributed by atoms with Gasteiger partial charge >= 0.3 is 0 Å². The maximum absolute atomic E-state index is 10.1. The monoisotopic (exact) mass is 251 g/mol. The van der Waals surface area contributed by atoms with Gasteiger partial charge in [0.1, 0.15) is 5.75 Å². The Morgan fingerprint density at radius 2 is 2.17 bits per heavy atom. The molecule has 2 rings (SSSR count). The van der Waals surface area contributed by atoms with E-state index in [1.165, 1.54) is 0 Å². The molecule has 2 N–H and O–H groups in total. The first-order valence-corrected chi connectivity index (χ1v) is 6.37. The van der Waals surface area contributed by atoms with Crippen LogP contribution in [-0.2, 0) is 4.74 Å². The van der Waals surface area contributed by atoms with Gasteiger partial charge in [0.15, 0.2) is 0 Å². The summed E-state index contributed by atoms with van der Waals surface area (Å²) in [5.41, 5.74) is 0.898. The van der Waals surface area contributed by atoms with E-state index in [0.29, 0.717) is 12.6 Å². The number of hydrogen-bond donors (Lipinski definition) is 2. The highest BCUT2D eigenvalue weighted by molar-refractivity contribution is 5.28. The van der Waals surface area contributed by atoms with E-state index in [2.05, 4.69) is 12.2 Å². The van der Waals surface area contributed by atoms with Gasteiger partial charge in [0, 0.05) is 19.2 Å². The number of aliphatic hydroxyl groups excluding tert-OH is 1. The van der Waals surface area contributed by atoms with E-state index in [1.54, 1.807) is 7.11 Å². The molecule has 0 radical (unpaired) electrons. The zero-order chi connectivity index (χ0) is 13.0. The second-order valence-corrected chi connectivity index (χ2v) is 4.67. The van der Waals surface area contributed by atoms with Crippen molar-refractivity contribution in [2.24, 2.45) is 0 Å². The Balaban J connectivity index is 1.84. The van der Waals surface area contributed by atoms with Gasteiger partial charge in [0.2, 0.25) is 0 Å². The van der Waals surface area contributed by atoms with Crippen molar-refractivity contribution in [3.05, 3.63) is 29.8 Å². The van der Waals surface area contributed by atoms with Crippen molar-refractivity contribution in [2.45, 2.75) is 31.6 Å². The Morgan fingerprint density at radius 3 is 2.72 bits per heavy atom. The fraction of sp³-hybridized carbons (Fsp3) is 0.571. The molecule has 1 heterocycles. The minimum absolute atomic E-state index is 0.230. The minimum atomic E-state index is -0.497. The molecule has 0 spiro atoms. The van der Waals surface area contributed by atoms with Crippen LogP contribution in [-0.4, -0.2) is 37.5 Å². The molecule has 1 aromatic rings. The number of aliphatic hydroxyl groups is 1. The average Bonchev–Trinajstić information content (AvgIpc) is 2.81. The molecule has 4 nitrogen and oxygen atoms in total. The van der Waals surface area contributed by atoms with Crippen LogP contribution < -0.4 is 10.1 Å². The standard InChI is InChI=1S/C14H21NO3/c1-10-13(7-8-18-10)15-9-14(16)11-3-5-12(17-2)6-4-11/h3-6,10,13-16H,7-9H2,1-2H3. The molecular formula is C14H21NO3. The predicted octanol–water partition coefficient (Wildman–Crippen LogP) is 1.50. The number of hydrogen-bond acceptors (Lipinski definition) is 4. The fourth-order valence-electron chi connectivity index (χ4n) is 2.21. The number of benzene rings is 1. The number of rotatable bonds is 5. The third-order valence-electron chi connectivity index (χ3n) is 3.45. The van der Waals surface area contributed by atoms with Crippen LogP contribution in [0.5, 0.6) is 5.75 Å². The minimum Gasteiger partial charge on any atom is -0.497 e. The van der Waals surface area contributed by atoms with Gasteiger partial charge in [0.05, 0.1) is 19.3 Å². The lowest BCUT2D eigenvalue weighted by Crippen LogP contribution is -2.37. The molecule has 1 aliphatic rings. The van der Waals surface area contributed by atoms with Crippen LogP contribution in [0.25, 0.3) is 0 Å². The molecule has 1 aromatic carbocycles. The van der Waals surface area contributed by atoms with Gasteiger partial charge in [-0.2, -0.15) is 0 Å². The van der Waals surface area contributed by atoms with Crippen molar-refractivity contribution < 1.29 is 14.6 Å². The summed E-state index contributed by atoms with van der Waals surface area (Å²) in [4.78, 5) is 0. The van der Waals surface area contributed by atoms with Crippen molar-refractivity contribution >= 4 is 0 Å². The van der Waals surface area contributed by atoms with E-state index in [4.69, 9.17) is 9.47 Å². The lowest BCUT2D eigenvalue weighted by molar-refractivity contribution is 0.107. The Morgan fingerprint density at radius 1 is 1.44 bits per heavy atom. The lowest BCUT2D eigenvalue weighted by atomic mass is 10.1. The van der Waals surface area contributed by atoms with Gasteiger partial charge in [-0.25, -0.2) is 0 Å². The Kier molecular flexibility index (Phi) is 4.58. The van der Waals surface area contributed by atoms with Gasteiger partial charge in [-0.15, -0.1) is 0 Å². The SMILES string of the molecule is COc1ccc(C(O)CNC2CCOC2C)cc1. The first-order chi connectivity index (χ1) is 8.70. The lowest BCUT2D eigenvalue weighted by Gasteiger charge is -2.19. The molecule has 4 heteroatoms. The fourth-order valence-corrected chi connectivity index (χ4v) is 2.21. The average molecular weight is 251 g/mol. The van der Waals surface area contributed by atoms with Crippen LogP contribution in [0.15, 0.2) is 24.3 Å². The summed E-state index contributed by atoms with van der Waals surface area (Å²) in [6.07, 6.45) is 0.744. The molecule has 3 atom stereocenters. The number of ether oxygens (including phenoxy) is 2. The zero-order valence-electron chi connectivity index (χ0n) is 10.9. The first-order valence-electron chi connectivity index (χ1n) is 6.37. The second kappa shape index (κ2) is 6.18. The van der Waals surface area contributed by atoms with Crippen LogP contribution >= 0.6 is 0 Å². The molecule has 0 bridgehead atoms. The van der Waals surface area contributed by atoms with Crippen LogP contribution in [0.2, 0.25) is 0 Å². The molecular weight excluding hydrogens is 230 g/mol. The third-order valence-corrected chi connectivity index (χ3v) is 3.45. The Labute approximate surface area is 108 Å². The smallest absolute Gasteiger partial charge is 0.118 e. The molecule has 1 fully saturated rings. The molecule has 0 saturated carbocycles. The van der Waals surface area contributed by atoms with Crippen molar-refractivity contribution in [1.29, 1.82) is 0 Å². The highest BCUT2D eigenvalue weighted by Gasteiger charge is 2.24. The largest absolute Gasteiger partial charge is 0.497 e. The van der Waals surface area contributed by atoms with Crippen LogP contribution in [0.1, 0.15) is 25.0 Å². The van der Waals surface area contributed by atoms with Crippen molar-refractivity contribution in [3.8, 4) is 5.75 Å². The summed E-state index contributed by atoms with van der Waals surface area (Å²) < 4.78 is 10.6. The molecule has 100 valence electrons. The summed E-state index contributed by atoms with van der Waals surface area (Å²) in [5, 5.41) is 13.4. The van der Waals surface area contributed by atoms with Crippen LogP contribution in [0.4, 0.5) is 0 Å². The van der Waals surface area contributed by atoms with E-state index in [9.17, 15) is 5.11 Å². The quantitative estimate of drug-likeness (QED) is 0.832.